The third kappa shape index (κ3) is 3.90. The zero-order valence-corrected chi connectivity index (χ0v) is 16.3. The van der Waals surface area contributed by atoms with Crippen LogP contribution in [0.5, 0.6) is 0 Å². The summed E-state index contributed by atoms with van der Waals surface area (Å²) in [5, 5.41) is 11.8. The summed E-state index contributed by atoms with van der Waals surface area (Å²) in [5.41, 5.74) is 4.65. The fourth-order valence-electron chi connectivity index (χ4n) is 3.07. The fraction of sp³-hybridized carbons (Fsp3) is 0.316. The lowest BCUT2D eigenvalue weighted by atomic mass is 10.2. The Labute approximate surface area is 170 Å². The molecule has 11 heteroatoms. The number of rotatable bonds is 7. The molecule has 3 aromatic rings. The SMILES string of the molecule is COCCCn1c([C@H](C)Nc2ncnc(N)c2C#N)nc2c(F)ccc(F)c2c1=O. The van der Waals surface area contributed by atoms with Gasteiger partial charge < -0.3 is 15.8 Å². The Morgan fingerprint density at radius 2 is 2.07 bits per heavy atom. The maximum atomic E-state index is 14.3. The lowest BCUT2D eigenvalue weighted by molar-refractivity contribution is 0.189. The number of nitriles is 1. The number of anilines is 2. The number of fused-ring (bicyclic) bond motifs is 1. The van der Waals surface area contributed by atoms with Crippen molar-refractivity contribution >= 4 is 22.5 Å². The Morgan fingerprint density at radius 3 is 2.77 bits per heavy atom. The van der Waals surface area contributed by atoms with Gasteiger partial charge in [0.2, 0.25) is 0 Å². The van der Waals surface area contributed by atoms with Crippen LogP contribution in [0.15, 0.2) is 23.3 Å². The molecular formula is C19H19F2N7O2. The van der Waals surface area contributed by atoms with E-state index in [0.29, 0.717) is 13.0 Å². The second-order valence-corrected chi connectivity index (χ2v) is 6.49. The van der Waals surface area contributed by atoms with Gasteiger partial charge in [-0.25, -0.2) is 23.7 Å². The van der Waals surface area contributed by atoms with Crippen molar-refractivity contribution in [2.75, 3.05) is 24.8 Å². The van der Waals surface area contributed by atoms with Crippen molar-refractivity contribution in [2.24, 2.45) is 0 Å². The van der Waals surface area contributed by atoms with Gasteiger partial charge in [0, 0.05) is 20.3 Å². The van der Waals surface area contributed by atoms with Crippen LogP contribution >= 0.6 is 0 Å². The van der Waals surface area contributed by atoms with Crippen LogP contribution in [0, 0.1) is 23.0 Å². The van der Waals surface area contributed by atoms with Crippen molar-refractivity contribution in [1.29, 1.82) is 5.26 Å². The molecule has 0 fully saturated rings. The van der Waals surface area contributed by atoms with Crippen LogP contribution in [0.1, 0.15) is 30.8 Å². The Balaban J connectivity index is 2.14. The van der Waals surface area contributed by atoms with Crippen LogP contribution < -0.4 is 16.6 Å². The third-order valence-electron chi connectivity index (χ3n) is 4.50. The molecular weight excluding hydrogens is 396 g/mol. The summed E-state index contributed by atoms with van der Waals surface area (Å²) < 4.78 is 34.9. The summed E-state index contributed by atoms with van der Waals surface area (Å²) in [7, 11) is 1.52. The zero-order valence-electron chi connectivity index (χ0n) is 16.3. The molecule has 2 heterocycles. The lowest BCUT2D eigenvalue weighted by Gasteiger charge is -2.20. The number of ether oxygens (including phenoxy) is 1. The van der Waals surface area contributed by atoms with Gasteiger partial charge in [-0.05, 0) is 25.5 Å². The number of benzene rings is 1. The van der Waals surface area contributed by atoms with Crippen LogP contribution in [-0.4, -0.2) is 33.2 Å². The molecule has 3 rings (SSSR count). The molecule has 3 N–H and O–H groups in total. The summed E-state index contributed by atoms with van der Waals surface area (Å²) >= 11 is 0. The van der Waals surface area contributed by atoms with Crippen molar-refractivity contribution in [3.8, 4) is 6.07 Å². The number of methoxy groups -OCH3 is 1. The van der Waals surface area contributed by atoms with Crippen LogP contribution in [0.25, 0.3) is 10.9 Å². The molecule has 0 aliphatic heterocycles. The smallest absolute Gasteiger partial charge is 0.264 e. The Bertz CT molecular complexity index is 1190. The minimum absolute atomic E-state index is 0.0146. The predicted octanol–water partition coefficient (Wildman–Crippen LogP) is 2.13. The molecule has 0 saturated carbocycles. The van der Waals surface area contributed by atoms with E-state index in [2.05, 4.69) is 20.3 Å². The van der Waals surface area contributed by atoms with Gasteiger partial charge in [0.25, 0.3) is 5.56 Å². The summed E-state index contributed by atoms with van der Waals surface area (Å²) in [6.07, 6.45) is 1.63. The highest BCUT2D eigenvalue weighted by Gasteiger charge is 2.22. The average molecular weight is 415 g/mol. The largest absolute Gasteiger partial charge is 0.385 e. The van der Waals surface area contributed by atoms with Crippen LogP contribution in [0.3, 0.4) is 0 Å². The molecule has 30 heavy (non-hydrogen) atoms. The van der Waals surface area contributed by atoms with Gasteiger partial charge in [-0.3, -0.25) is 9.36 Å². The molecule has 0 radical (unpaired) electrons. The van der Waals surface area contributed by atoms with E-state index in [1.54, 1.807) is 6.92 Å². The van der Waals surface area contributed by atoms with Gasteiger partial charge in [0.15, 0.2) is 0 Å². The molecule has 156 valence electrons. The molecule has 1 atom stereocenters. The van der Waals surface area contributed by atoms with Crippen molar-refractivity contribution in [2.45, 2.75) is 25.9 Å². The van der Waals surface area contributed by atoms with Gasteiger partial charge >= 0.3 is 0 Å². The first-order chi connectivity index (χ1) is 14.4. The van der Waals surface area contributed by atoms with Crippen molar-refractivity contribution < 1.29 is 13.5 Å². The number of nitrogens with zero attached hydrogens (tertiary/aromatic N) is 5. The summed E-state index contributed by atoms with van der Waals surface area (Å²) in [4.78, 5) is 25.0. The standard InChI is InChI=1S/C19H19F2N7O2/c1-10(26-17-11(8-22)16(23)24-9-25-17)18-27-15-13(21)5-4-12(20)14(15)19(29)28(18)6-3-7-30-2/h4-5,9-10H,3,6-7H2,1-2H3,(H3,23,24,25,26)/t10-/m0/s1. The van der Waals surface area contributed by atoms with Crippen molar-refractivity contribution in [3.63, 3.8) is 0 Å². The molecule has 0 spiro atoms. The van der Waals surface area contributed by atoms with Crippen LogP contribution in [0.2, 0.25) is 0 Å². The highest BCUT2D eigenvalue weighted by atomic mass is 19.1. The molecule has 1 aromatic carbocycles. The number of hydrogen-bond donors (Lipinski definition) is 2. The quantitative estimate of drug-likeness (QED) is 0.561. The first kappa shape index (κ1) is 21.1. The minimum Gasteiger partial charge on any atom is -0.385 e. The lowest BCUT2D eigenvalue weighted by Crippen LogP contribution is -2.30. The number of nitrogens with one attached hydrogen (secondary N) is 1. The summed E-state index contributed by atoms with van der Waals surface area (Å²) in [6.45, 7) is 2.18. The third-order valence-corrected chi connectivity index (χ3v) is 4.50. The van der Waals surface area contributed by atoms with Gasteiger partial charge in [-0.1, -0.05) is 0 Å². The molecule has 9 nitrogen and oxygen atoms in total. The van der Waals surface area contributed by atoms with E-state index in [1.807, 2.05) is 6.07 Å². The normalized spacial score (nSPS) is 12.0. The topological polar surface area (TPSA) is 132 Å². The number of halogens is 2. The average Bonchev–Trinajstić information content (AvgIpc) is 2.72. The van der Waals surface area contributed by atoms with E-state index >= 15 is 0 Å². The molecule has 2 aromatic heterocycles. The Kier molecular flexibility index (Phi) is 6.17. The van der Waals surface area contributed by atoms with E-state index in [4.69, 9.17) is 10.5 Å². The van der Waals surface area contributed by atoms with Crippen LogP contribution in [-0.2, 0) is 11.3 Å². The highest BCUT2D eigenvalue weighted by Crippen LogP contribution is 2.24. The predicted molar refractivity (Wildman–Crippen MR) is 106 cm³/mol. The van der Waals surface area contributed by atoms with Crippen LogP contribution in [0.4, 0.5) is 20.4 Å². The number of nitrogens with two attached hydrogens (primary N) is 1. The maximum Gasteiger partial charge on any atom is 0.264 e. The fourth-order valence-corrected chi connectivity index (χ4v) is 3.07. The molecule has 0 bridgehead atoms. The highest BCUT2D eigenvalue weighted by molar-refractivity contribution is 5.79. The molecule has 0 unspecified atom stereocenters. The van der Waals surface area contributed by atoms with Crippen molar-refractivity contribution in [3.05, 3.63) is 51.8 Å². The summed E-state index contributed by atoms with van der Waals surface area (Å²) in [6, 6.07) is 3.02. The van der Waals surface area contributed by atoms with Crippen molar-refractivity contribution in [1.82, 2.24) is 19.5 Å². The van der Waals surface area contributed by atoms with Gasteiger partial charge in [0.1, 0.15) is 58.0 Å². The Hall–Kier alpha value is -3.65. The van der Waals surface area contributed by atoms with Gasteiger partial charge in [0.05, 0.1) is 6.04 Å². The maximum absolute atomic E-state index is 14.3. The van der Waals surface area contributed by atoms with Gasteiger partial charge in [-0.15, -0.1) is 0 Å². The second-order valence-electron chi connectivity index (χ2n) is 6.49. The number of nitrogen functional groups attached to an aromatic ring is 1. The van der Waals surface area contributed by atoms with E-state index in [-0.39, 0.29) is 35.1 Å². The first-order valence-electron chi connectivity index (χ1n) is 9.03. The minimum atomic E-state index is -0.855. The molecule has 0 aliphatic rings. The van der Waals surface area contributed by atoms with E-state index in [9.17, 15) is 18.8 Å². The molecule has 0 saturated heterocycles. The monoisotopic (exact) mass is 415 g/mol. The number of hydrogen-bond acceptors (Lipinski definition) is 8. The zero-order chi connectivity index (χ0) is 21.8. The van der Waals surface area contributed by atoms with E-state index < -0.39 is 28.6 Å². The van der Waals surface area contributed by atoms with E-state index in [1.165, 1.54) is 18.0 Å². The molecule has 0 amide bonds. The molecule has 0 aliphatic carbocycles. The Morgan fingerprint density at radius 1 is 1.33 bits per heavy atom. The first-order valence-corrected chi connectivity index (χ1v) is 9.03. The summed E-state index contributed by atoms with van der Waals surface area (Å²) in [5.74, 6) is -1.40. The number of aromatic nitrogens is 4. The second kappa shape index (κ2) is 8.79. The van der Waals surface area contributed by atoms with E-state index in [0.717, 1.165) is 12.1 Å². The van der Waals surface area contributed by atoms with Gasteiger partial charge in [-0.2, -0.15) is 5.26 Å².